The Morgan fingerprint density at radius 3 is 2.36 bits per heavy atom. The van der Waals surface area contributed by atoms with Gasteiger partial charge in [0, 0.05) is 29.4 Å². The van der Waals surface area contributed by atoms with Crippen molar-refractivity contribution in [1.82, 2.24) is 4.98 Å². The molecule has 0 atom stereocenters. The minimum absolute atomic E-state index is 0.0165. The first-order valence-electron chi connectivity index (χ1n) is 9.32. The second-order valence-corrected chi connectivity index (χ2v) is 6.62. The van der Waals surface area contributed by atoms with E-state index in [0.29, 0.717) is 6.42 Å². The Morgan fingerprint density at radius 2 is 1.54 bits per heavy atom. The number of anilines is 3. The molecule has 28 heavy (non-hydrogen) atoms. The maximum absolute atomic E-state index is 12.2. The van der Waals surface area contributed by atoms with Gasteiger partial charge in [-0.2, -0.15) is 0 Å². The van der Waals surface area contributed by atoms with E-state index in [9.17, 15) is 4.79 Å². The van der Waals surface area contributed by atoms with Crippen molar-refractivity contribution in [3.63, 3.8) is 0 Å². The first kappa shape index (κ1) is 17.7. The number of nitrogens with one attached hydrogen (secondary N) is 2. The average Bonchev–Trinajstić information content (AvgIpc) is 2.75. The molecule has 0 aliphatic rings. The number of nitrogens with zero attached hydrogens (tertiary/aromatic N) is 1. The fourth-order valence-corrected chi connectivity index (χ4v) is 3.12. The Kier molecular flexibility index (Phi) is 5.29. The van der Waals surface area contributed by atoms with Crippen LogP contribution in [0.25, 0.3) is 10.9 Å². The van der Waals surface area contributed by atoms with E-state index in [1.807, 2.05) is 84.9 Å². The lowest BCUT2D eigenvalue weighted by Gasteiger charge is -2.10. The van der Waals surface area contributed by atoms with E-state index >= 15 is 0 Å². The second kappa shape index (κ2) is 8.35. The van der Waals surface area contributed by atoms with Gasteiger partial charge < -0.3 is 10.6 Å². The number of rotatable bonds is 6. The van der Waals surface area contributed by atoms with Gasteiger partial charge in [-0.05, 0) is 48.4 Å². The lowest BCUT2D eigenvalue weighted by Crippen LogP contribution is -2.12. The van der Waals surface area contributed by atoms with Crippen LogP contribution in [-0.2, 0) is 11.2 Å². The lowest BCUT2D eigenvalue weighted by molar-refractivity contribution is -0.116. The summed E-state index contributed by atoms with van der Waals surface area (Å²) in [4.78, 5) is 16.6. The minimum atomic E-state index is 0.0165. The van der Waals surface area contributed by atoms with Crippen molar-refractivity contribution in [2.24, 2.45) is 0 Å². The van der Waals surface area contributed by atoms with Crippen LogP contribution in [0, 0.1) is 0 Å². The summed E-state index contributed by atoms with van der Waals surface area (Å²) in [7, 11) is 0. The van der Waals surface area contributed by atoms with E-state index in [1.165, 1.54) is 5.56 Å². The quantitative estimate of drug-likeness (QED) is 0.470. The first-order valence-corrected chi connectivity index (χ1v) is 9.32. The number of hydrogen-bond donors (Lipinski definition) is 2. The number of benzene rings is 3. The Hall–Kier alpha value is -3.66. The molecule has 138 valence electrons. The molecule has 0 spiro atoms. The topological polar surface area (TPSA) is 54.0 Å². The zero-order chi connectivity index (χ0) is 19.2. The summed E-state index contributed by atoms with van der Waals surface area (Å²) in [6.45, 7) is 0. The average molecular weight is 367 g/mol. The largest absolute Gasteiger partial charge is 0.354 e. The van der Waals surface area contributed by atoms with Gasteiger partial charge in [0.15, 0.2) is 0 Å². The highest BCUT2D eigenvalue weighted by Gasteiger charge is 2.05. The van der Waals surface area contributed by atoms with Crippen LogP contribution in [0.3, 0.4) is 0 Å². The van der Waals surface area contributed by atoms with Gasteiger partial charge in [0.1, 0.15) is 0 Å². The molecule has 4 aromatic rings. The van der Waals surface area contributed by atoms with Gasteiger partial charge in [0.25, 0.3) is 0 Å². The number of pyridine rings is 1. The monoisotopic (exact) mass is 367 g/mol. The summed E-state index contributed by atoms with van der Waals surface area (Å²) in [6.07, 6.45) is 2.99. The summed E-state index contributed by atoms with van der Waals surface area (Å²) < 4.78 is 0. The van der Waals surface area contributed by atoms with E-state index in [0.717, 1.165) is 34.4 Å². The third-order valence-corrected chi connectivity index (χ3v) is 4.56. The maximum Gasteiger partial charge on any atom is 0.224 e. The number of amides is 1. The van der Waals surface area contributed by atoms with Crippen LogP contribution in [0.2, 0.25) is 0 Å². The third-order valence-electron chi connectivity index (χ3n) is 4.56. The number of hydrogen-bond acceptors (Lipinski definition) is 3. The molecule has 0 saturated heterocycles. The van der Waals surface area contributed by atoms with Crippen molar-refractivity contribution >= 4 is 33.9 Å². The van der Waals surface area contributed by atoms with E-state index in [1.54, 1.807) is 6.20 Å². The minimum Gasteiger partial charge on any atom is -0.354 e. The van der Waals surface area contributed by atoms with Gasteiger partial charge >= 0.3 is 0 Å². The number of carbonyl (C=O) groups excluding carboxylic acids is 1. The maximum atomic E-state index is 12.2. The predicted molar refractivity (Wildman–Crippen MR) is 115 cm³/mol. The molecule has 2 N–H and O–H groups in total. The molecular formula is C24H21N3O. The summed E-state index contributed by atoms with van der Waals surface area (Å²) in [5, 5.41) is 7.45. The molecule has 0 unspecified atom stereocenters. The fourth-order valence-electron chi connectivity index (χ4n) is 3.12. The molecule has 0 saturated carbocycles. The molecule has 1 amide bonds. The predicted octanol–water partition coefficient (Wildman–Crippen LogP) is 5.55. The van der Waals surface area contributed by atoms with Crippen molar-refractivity contribution in [2.75, 3.05) is 10.6 Å². The van der Waals surface area contributed by atoms with Gasteiger partial charge in [-0.1, -0.05) is 48.5 Å². The van der Waals surface area contributed by atoms with Crippen molar-refractivity contribution in [3.05, 3.63) is 96.7 Å². The van der Waals surface area contributed by atoms with Gasteiger partial charge in [-0.15, -0.1) is 0 Å². The molecule has 4 nitrogen and oxygen atoms in total. The fraction of sp³-hybridized carbons (Fsp3) is 0.0833. The Bertz CT molecular complexity index is 1070. The summed E-state index contributed by atoms with van der Waals surface area (Å²) in [6, 6.07) is 27.8. The van der Waals surface area contributed by atoms with E-state index < -0.39 is 0 Å². The molecule has 0 fully saturated rings. The molecule has 4 heteroatoms. The van der Waals surface area contributed by atoms with Crippen molar-refractivity contribution < 1.29 is 4.79 Å². The van der Waals surface area contributed by atoms with Gasteiger partial charge in [0.2, 0.25) is 5.91 Å². The van der Waals surface area contributed by atoms with Gasteiger partial charge in [-0.3, -0.25) is 9.78 Å². The van der Waals surface area contributed by atoms with Crippen LogP contribution in [0.4, 0.5) is 17.1 Å². The summed E-state index contributed by atoms with van der Waals surface area (Å²) in [5.74, 6) is 0.0165. The van der Waals surface area contributed by atoms with Crippen LogP contribution in [-0.4, -0.2) is 10.9 Å². The number of carbonyl (C=O) groups is 1. The van der Waals surface area contributed by atoms with Crippen LogP contribution in [0.15, 0.2) is 91.1 Å². The number of fused-ring (bicyclic) bond motifs is 1. The molecule has 3 aromatic carbocycles. The Labute approximate surface area is 164 Å². The third kappa shape index (κ3) is 4.35. The van der Waals surface area contributed by atoms with Crippen LogP contribution in [0.1, 0.15) is 12.0 Å². The molecule has 0 bridgehead atoms. The molecule has 1 heterocycles. The van der Waals surface area contributed by atoms with Gasteiger partial charge in [-0.25, -0.2) is 0 Å². The van der Waals surface area contributed by atoms with E-state index in [-0.39, 0.29) is 5.91 Å². The molecule has 0 aliphatic heterocycles. The smallest absolute Gasteiger partial charge is 0.224 e. The second-order valence-electron chi connectivity index (χ2n) is 6.62. The normalized spacial score (nSPS) is 10.6. The van der Waals surface area contributed by atoms with Crippen molar-refractivity contribution in [3.8, 4) is 0 Å². The highest BCUT2D eigenvalue weighted by molar-refractivity contribution is 5.93. The lowest BCUT2D eigenvalue weighted by atomic mass is 10.1. The van der Waals surface area contributed by atoms with Crippen LogP contribution >= 0.6 is 0 Å². The highest BCUT2D eigenvalue weighted by Crippen LogP contribution is 2.25. The first-order chi connectivity index (χ1) is 13.8. The van der Waals surface area contributed by atoms with Crippen molar-refractivity contribution in [1.29, 1.82) is 0 Å². The van der Waals surface area contributed by atoms with E-state index in [2.05, 4.69) is 15.6 Å². The Balaban J connectivity index is 1.37. The van der Waals surface area contributed by atoms with Crippen molar-refractivity contribution in [2.45, 2.75) is 12.8 Å². The van der Waals surface area contributed by atoms with Crippen LogP contribution in [0.5, 0.6) is 0 Å². The van der Waals surface area contributed by atoms with Crippen LogP contribution < -0.4 is 10.6 Å². The number of aromatic nitrogens is 1. The molecule has 1 aromatic heterocycles. The number of para-hydroxylation sites is 1. The SMILES string of the molecule is O=C(CCc1ccccc1)Nc1ccc(Nc2cccc3cccnc23)cc1. The zero-order valence-electron chi connectivity index (χ0n) is 15.4. The van der Waals surface area contributed by atoms with E-state index in [4.69, 9.17) is 0 Å². The number of aryl methyl sites for hydroxylation is 1. The standard InChI is InChI=1S/C24H21N3O/c28-23(16-11-18-6-2-1-3-7-18)27-21-14-12-20(13-15-21)26-22-10-4-8-19-9-5-17-25-24(19)22/h1-10,12-15,17,26H,11,16H2,(H,27,28). The molecular weight excluding hydrogens is 346 g/mol. The zero-order valence-corrected chi connectivity index (χ0v) is 15.4. The van der Waals surface area contributed by atoms with Gasteiger partial charge in [0.05, 0.1) is 11.2 Å². The molecule has 0 radical (unpaired) electrons. The summed E-state index contributed by atoms with van der Waals surface area (Å²) >= 11 is 0. The summed E-state index contributed by atoms with van der Waals surface area (Å²) in [5.41, 5.74) is 4.79. The Morgan fingerprint density at radius 1 is 0.786 bits per heavy atom. The highest BCUT2D eigenvalue weighted by atomic mass is 16.1. The molecule has 0 aliphatic carbocycles. The molecule has 4 rings (SSSR count).